The third-order valence-corrected chi connectivity index (χ3v) is 3.92. The molecule has 1 unspecified atom stereocenters. The SMILES string of the molecule is O=C(NCC1COC2(CCCCC2)O1)c1ccccn1. The largest absolute Gasteiger partial charge is 0.348 e. The number of nitrogens with zero attached hydrogens (tertiary/aromatic N) is 1. The second-order valence-electron chi connectivity index (χ2n) is 5.45. The van der Waals surface area contributed by atoms with E-state index in [-0.39, 0.29) is 17.8 Å². The molecule has 108 valence electrons. The van der Waals surface area contributed by atoms with Gasteiger partial charge in [0.25, 0.3) is 5.91 Å². The van der Waals surface area contributed by atoms with E-state index >= 15 is 0 Å². The highest BCUT2D eigenvalue weighted by molar-refractivity contribution is 5.92. The molecule has 5 nitrogen and oxygen atoms in total. The first-order valence-corrected chi connectivity index (χ1v) is 7.28. The number of ether oxygens (including phenoxy) is 2. The molecule has 0 aromatic carbocycles. The fraction of sp³-hybridized carbons (Fsp3) is 0.600. The van der Waals surface area contributed by atoms with Gasteiger partial charge in [-0.2, -0.15) is 0 Å². The summed E-state index contributed by atoms with van der Waals surface area (Å²) in [6.07, 6.45) is 7.08. The van der Waals surface area contributed by atoms with E-state index in [1.165, 1.54) is 6.42 Å². The minimum absolute atomic E-state index is 0.0548. The molecular formula is C15H20N2O3. The molecule has 2 heterocycles. The summed E-state index contributed by atoms with van der Waals surface area (Å²) in [6, 6.07) is 5.29. The number of nitrogens with one attached hydrogen (secondary N) is 1. The van der Waals surface area contributed by atoms with Crippen molar-refractivity contribution >= 4 is 5.91 Å². The van der Waals surface area contributed by atoms with Crippen LogP contribution in [0.4, 0.5) is 0 Å². The van der Waals surface area contributed by atoms with E-state index in [1.807, 2.05) is 0 Å². The van der Waals surface area contributed by atoms with Crippen LogP contribution in [-0.4, -0.2) is 35.9 Å². The summed E-state index contributed by atoms with van der Waals surface area (Å²) in [4.78, 5) is 15.9. The number of carbonyl (C=O) groups excluding carboxylic acids is 1. The minimum atomic E-state index is -0.376. The van der Waals surface area contributed by atoms with E-state index in [1.54, 1.807) is 24.4 Å². The van der Waals surface area contributed by atoms with E-state index in [0.717, 1.165) is 25.7 Å². The van der Waals surface area contributed by atoms with Crippen LogP contribution in [0.25, 0.3) is 0 Å². The van der Waals surface area contributed by atoms with Gasteiger partial charge in [0, 0.05) is 25.6 Å². The van der Waals surface area contributed by atoms with Gasteiger partial charge in [0.1, 0.15) is 11.8 Å². The maximum Gasteiger partial charge on any atom is 0.269 e. The second kappa shape index (κ2) is 5.89. The zero-order valence-corrected chi connectivity index (χ0v) is 11.5. The van der Waals surface area contributed by atoms with Gasteiger partial charge >= 0.3 is 0 Å². The monoisotopic (exact) mass is 276 g/mol. The molecule has 1 aliphatic carbocycles. The summed E-state index contributed by atoms with van der Waals surface area (Å²) < 4.78 is 11.9. The zero-order valence-electron chi connectivity index (χ0n) is 11.5. The van der Waals surface area contributed by atoms with E-state index in [9.17, 15) is 4.79 Å². The highest BCUT2D eigenvalue weighted by Gasteiger charge is 2.42. The summed E-state index contributed by atoms with van der Waals surface area (Å²) in [5.74, 6) is -0.544. The molecule has 2 aliphatic rings. The normalized spacial score (nSPS) is 24.7. The Kier molecular flexibility index (Phi) is 3.98. The summed E-state index contributed by atoms with van der Waals surface area (Å²) in [5.41, 5.74) is 0.429. The van der Waals surface area contributed by atoms with Crippen LogP contribution in [0, 0.1) is 0 Å². The quantitative estimate of drug-likeness (QED) is 0.915. The summed E-state index contributed by atoms with van der Waals surface area (Å²) in [6.45, 7) is 1.03. The Morgan fingerprint density at radius 3 is 2.95 bits per heavy atom. The fourth-order valence-corrected chi connectivity index (χ4v) is 2.86. The van der Waals surface area contributed by atoms with Crippen LogP contribution >= 0.6 is 0 Å². The number of carbonyl (C=O) groups is 1. The van der Waals surface area contributed by atoms with Gasteiger partial charge in [-0.25, -0.2) is 0 Å². The number of amides is 1. The van der Waals surface area contributed by atoms with Crippen LogP contribution in [0.3, 0.4) is 0 Å². The summed E-state index contributed by atoms with van der Waals surface area (Å²) in [5, 5.41) is 2.86. The van der Waals surface area contributed by atoms with Gasteiger partial charge in [-0.3, -0.25) is 9.78 Å². The first-order valence-electron chi connectivity index (χ1n) is 7.28. The smallest absolute Gasteiger partial charge is 0.269 e. The molecule has 2 fully saturated rings. The number of hydrogen-bond donors (Lipinski definition) is 1. The van der Waals surface area contributed by atoms with Gasteiger partial charge in [0.05, 0.1) is 6.61 Å². The first kappa shape index (κ1) is 13.5. The molecule has 1 amide bonds. The van der Waals surface area contributed by atoms with E-state index in [4.69, 9.17) is 9.47 Å². The van der Waals surface area contributed by atoms with Crippen molar-refractivity contribution in [1.82, 2.24) is 10.3 Å². The van der Waals surface area contributed by atoms with Crippen LogP contribution in [-0.2, 0) is 9.47 Å². The maximum absolute atomic E-state index is 11.9. The molecule has 1 saturated heterocycles. The highest BCUT2D eigenvalue weighted by Crippen LogP contribution is 2.37. The van der Waals surface area contributed by atoms with Gasteiger partial charge < -0.3 is 14.8 Å². The third-order valence-electron chi connectivity index (χ3n) is 3.92. The maximum atomic E-state index is 11.9. The van der Waals surface area contributed by atoms with Crippen LogP contribution in [0.1, 0.15) is 42.6 Å². The summed E-state index contributed by atoms with van der Waals surface area (Å²) in [7, 11) is 0. The molecular weight excluding hydrogens is 256 g/mol. The Hall–Kier alpha value is -1.46. The lowest BCUT2D eigenvalue weighted by atomic mass is 9.94. The van der Waals surface area contributed by atoms with Crippen LogP contribution in [0.5, 0.6) is 0 Å². The van der Waals surface area contributed by atoms with Crippen molar-refractivity contribution in [2.45, 2.75) is 44.0 Å². The van der Waals surface area contributed by atoms with Crippen LogP contribution < -0.4 is 5.32 Å². The Morgan fingerprint density at radius 2 is 2.20 bits per heavy atom. The molecule has 20 heavy (non-hydrogen) atoms. The molecule has 1 N–H and O–H groups in total. The molecule has 1 aliphatic heterocycles. The lowest BCUT2D eigenvalue weighted by Gasteiger charge is -2.31. The Bertz CT molecular complexity index is 457. The fourth-order valence-electron chi connectivity index (χ4n) is 2.86. The summed E-state index contributed by atoms with van der Waals surface area (Å²) >= 11 is 0. The van der Waals surface area contributed by atoms with E-state index in [2.05, 4.69) is 10.3 Å². The van der Waals surface area contributed by atoms with Crippen LogP contribution in [0.15, 0.2) is 24.4 Å². The Balaban J connectivity index is 1.49. The molecule has 1 saturated carbocycles. The molecule has 1 spiro atoms. The van der Waals surface area contributed by atoms with E-state index < -0.39 is 0 Å². The molecule has 0 bridgehead atoms. The highest BCUT2D eigenvalue weighted by atomic mass is 16.7. The average Bonchev–Trinajstić information content (AvgIpc) is 2.89. The van der Waals surface area contributed by atoms with E-state index in [0.29, 0.717) is 18.8 Å². The predicted octanol–water partition coefficient (Wildman–Crippen LogP) is 1.89. The molecule has 3 rings (SSSR count). The van der Waals surface area contributed by atoms with Crippen molar-refractivity contribution < 1.29 is 14.3 Å². The minimum Gasteiger partial charge on any atom is -0.348 e. The lowest BCUT2D eigenvalue weighted by Crippen LogP contribution is -2.37. The van der Waals surface area contributed by atoms with Gasteiger partial charge in [0.15, 0.2) is 5.79 Å². The zero-order chi connectivity index (χ0) is 13.8. The number of rotatable bonds is 3. The van der Waals surface area contributed by atoms with Crippen molar-refractivity contribution in [3.63, 3.8) is 0 Å². The topological polar surface area (TPSA) is 60.5 Å². The molecule has 5 heteroatoms. The van der Waals surface area contributed by atoms with Crippen molar-refractivity contribution in [3.05, 3.63) is 30.1 Å². The van der Waals surface area contributed by atoms with Crippen molar-refractivity contribution in [3.8, 4) is 0 Å². The van der Waals surface area contributed by atoms with Crippen molar-refractivity contribution in [1.29, 1.82) is 0 Å². The first-order chi connectivity index (χ1) is 9.77. The molecule has 1 aromatic heterocycles. The molecule has 1 atom stereocenters. The van der Waals surface area contributed by atoms with Gasteiger partial charge in [-0.15, -0.1) is 0 Å². The number of hydrogen-bond acceptors (Lipinski definition) is 4. The van der Waals surface area contributed by atoms with Gasteiger partial charge in [0.2, 0.25) is 0 Å². The second-order valence-corrected chi connectivity index (χ2v) is 5.45. The predicted molar refractivity (Wildman–Crippen MR) is 73.2 cm³/mol. The van der Waals surface area contributed by atoms with Gasteiger partial charge in [-0.1, -0.05) is 12.5 Å². The average molecular weight is 276 g/mol. The van der Waals surface area contributed by atoms with Crippen molar-refractivity contribution in [2.75, 3.05) is 13.2 Å². The van der Waals surface area contributed by atoms with Crippen molar-refractivity contribution in [2.24, 2.45) is 0 Å². The third kappa shape index (κ3) is 2.99. The number of aromatic nitrogens is 1. The lowest BCUT2D eigenvalue weighted by molar-refractivity contribution is -0.186. The Morgan fingerprint density at radius 1 is 1.35 bits per heavy atom. The van der Waals surface area contributed by atoms with Gasteiger partial charge in [-0.05, 0) is 25.0 Å². The standard InChI is InChI=1S/C15H20N2O3/c18-14(13-6-2-5-9-16-13)17-10-12-11-19-15(20-12)7-3-1-4-8-15/h2,5-6,9,12H,1,3-4,7-8,10-11H2,(H,17,18). The molecule has 0 radical (unpaired) electrons. The van der Waals surface area contributed by atoms with Crippen LogP contribution in [0.2, 0.25) is 0 Å². The number of pyridine rings is 1. The Labute approximate surface area is 118 Å². The molecule has 1 aromatic rings.